The van der Waals surface area contributed by atoms with Crippen LogP contribution in [0.4, 0.5) is 18.9 Å². The number of hydrogen-bond donors (Lipinski definition) is 1. The number of rotatable bonds is 3. The first-order chi connectivity index (χ1) is 14.1. The predicted octanol–water partition coefficient (Wildman–Crippen LogP) is 3.44. The highest BCUT2D eigenvalue weighted by molar-refractivity contribution is 7.99. The van der Waals surface area contributed by atoms with Crippen LogP contribution < -0.4 is 10.9 Å². The number of nitrogens with one attached hydrogen (secondary N) is 1. The van der Waals surface area contributed by atoms with Crippen molar-refractivity contribution in [3.8, 4) is 0 Å². The minimum atomic E-state index is -1.66. The highest BCUT2D eigenvalue weighted by atomic mass is 32.2. The van der Waals surface area contributed by atoms with E-state index in [9.17, 15) is 22.8 Å². The molecular weight excluding hydrogens is 419 g/mol. The minimum Gasteiger partial charge on any atom is -0.323 e. The van der Waals surface area contributed by atoms with Crippen LogP contribution in [0.15, 0.2) is 28.3 Å². The molecule has 3 heterocycles. The van der Waals surface area contributed by atoms with E-state index in [1.54, 1.807) is 4.68 Å². The van der Waals surface area contributed by atoms with Crippen molar-refractivity contribution in [3.05, 3.63) is 46.1 Å². The van der Waals surface area contributed by atoms with E-state index < -0.39 is 35.1 Å². The fraction of sp³-hybridized carbons (Fsp3) is 0.368. The van der Waals surface area contributed by atoms with Crippen molar-refractivity contribution in [1.82, 2.24) is 19.3 Å². The maximum Gasteiger partial charge on any atom is 0.265 e. The number of nitrogens with zero attached hydrogens (tertiary/aromatic N) is 4. The number of fused-ring (bicyclic) bond motifs is 2. The summed E-state index contributed by atoms with van der Waals surface area (Å²) in [6.45, 7) is 5.84. The Balaban J connectivity index is 1.61. The van der Waals surface area contributed by atoms with Crippen molar-refractivity contribution >= 4 is 34.4 Å². The number of aromatic nitrogens is 4. The number of carbonyl (C=O) groups is 1. The molecule has 30 heavy (non-hydrogen) atoms. The van der Waals surface area contributed by atoms with Crippen LogP contribution in [0.1, 0.15) is 33.2 Å². The largest absolute Gasteiger partial charge is 0.323 e. The van der Waals surface area contributed by atoms with Crippen molar-refractivity contribution in [3.63, 3.8) is 0 Å². The third kappa shape index (κ3) is 3.36. The molecule has 0 spiro atoms. The van der Waals surface area contributed by atoms with Crippen molar-refractivity contribution in [2.45, 2.75) is 43.9 Å². The molecule has 158 valence electrons. The van der Waals surface area contributed by atoms with Crippen LogP contribution in [0.5, 0.6) is 0 Å². The second-order valence-electron chi connectivity index (χ2n) is 7.97. The van der Waals surface area contributed by atoms with E-state index in [1.165, 1.54) is 22.5 Å². The number of halogens is 3. The van der Waals surface area contributed by atoms with Gasteiger partial charge in [0.05, 0.1) is 23.5 Å². The number of hydrogen-bond acceptors (Lipinski definition) is 5. The van der Waals surface area contributed by atoms with E-state index in [-0.39, 0.29) is 17.5 Å². The van der Waals surface area contributed by atoms with Gasteiger partial charge in [0.1, 0.15) is 5.39 Å². The van der Waals surface area contributed by atoms with Crippen LogP contribution in [0, 0.1) is 17.5 Å². The first-order valence-electron chi connectivity index (χ1n) is 9.15. The van der Waals surface area contributed by atoms with Gasteiger partial charge in [0.2, 0.25) is 5.91 Å². The SMILES string of the molecule is CC(C)(C)n1ncc2c(=O)n3c(nc21)SCC3CC(=O)Nc1ccc(F)c(F)c1F. The van der Waals surface area contributed by atoms with Crippen LogP contribution >= 0.6 is 11.8 Å². The Morgan fingerprint density at radius 1 is 1.27 bits per heavy atom. The van der Waals surface area contributed by atoms with E-state index in [1.807, 2.05) is 20.8 Å². The maximum atomic E-state index is 13.8. The van der Waals surface area contributed by atoms with Gasteiger partial charge >= 0.3 is 0 Å². The molecule has 1 unspecified atom stereocenters. The van der Waals surface area contributed by atoms with E-state index in [2.05, 4.69) is 15.4 Å². The average Bonchev–Trinajstić information content (AvgIpc) is 3.27. The Bertz CT molecular complexity index is 1230. The smallest absolute Gasteiger partial charge is 0.265 e. The van der Waals surface area contributed by atoms with Gasteiger partial charge in [0.15, 0.2) is 28.3 Å². The summed E-state index contributed by atoms with van der Waals surface area (Å²) in [5, 5.41) is 7.32. The summed E-state index contributed by atoms with van der Waals surface area (Å²) in [6.07, 6.45) is 1.30. The standard InChI is InChI=1S/C19H18F3N5O2S/c1-19(2,3)27-16-10(7-23-27)17(29)26-9(8-30-18(26)25-16)6-13(28)24-12-5-4-11(20)14(21)15(12)22/h4-5,7,9H,6,8H2,1-3H3,(H,24,28). The van der Waals surface area contributed by atoms with Crippen molar-refractivity contribution in [2.75, 3.05) is 11.1 Å². The molecule has 7 nitrogen and oxygen atoms in total. The monoisotopic (exact) mass is 437 g/mol. The second kappa shape index (κ2) is 7.15. The molecule has 2 aromatic heterocycles. The highest BCUT2D eigenvalue weighted by Gasteiger charge is 2.31. The highest BCUT2D eigenvalue weighted by Crippen LogP contribution is 2.34. The first kappa shape index (κ1) is 20.5. The summed E-state index contributed by atoms with van der Waals surface area (Å²) in [4.78, 5) is 30.0. The lowest BCUT2D eigenvalue weighted by Crippen LogP contribution is -2.29. The molecule has 1 aromatic carbocycles. The molecule has 1 N–H and O–H groups in total. The van der Waals surface area contributed by atoms with Gasteiger partial charge in [-0.1, -0.05) is 11.8 Å². The quantitative estimate of drug-likeness (QED) is 0.502. The van der Waals surface area contributed by atoms with E-state index in [0.717, 1.165) is 12.1 Å². The van der Waals surface area contributed by atoms with Gasteiger partial charge in [-0.15, -0.1) is 0 Å². The summed E-state index contributed by atoms with van der Waals surface area (Å²) in [5.74, 6) is -4.68. The molecule has 0 bridgehead atoms. The number of anilines is 1. The normalized spacial score (nSPS) is 16.1. The van der Waals surface area contributed by atoms with E-state index in [4.69, 9.17) is 0 Å². The van der Waals surface area contributed by atoms with Crippen LogP contribution in [0.3, 0.4) is 0 Å². The van der Waals surface area contributed by atoms with Crippen LogP contribution in [0.2, 0.25) is 0 Å². The Hall–Kier alpha value is -2.82. The van der Waals surface area contributed by atoms with Gasteiger partial charge in [-0.05, 0) is 32.9 Å². The minimum absolute atomic E-state index is 0.154. The lowest BCUT2D eigenvalue weighted by atomic mass is 10.1. The molecule has 1 atom stereocenters. The molecule has 11 heteroatoms. The number of thioether (sulfide) groups is 1. The van der Waals surface area contributed by atoms with Gasteiger partial charge in [-0.2, -0.15) is 5.10 Å². The topological polar surface area (TPSA) is 81.8 Å². The number of carbonyl (C=O) groups excluding carboxylic acids is 1. The Morgan fingerprint density at radius 3 is 2.70 bits per heavy atom. The lowest BCUT2D eigenvalue weighted by Gasteiger charge is -2.20. The average molecular weight is 437 g/mol. The van der Waals surface area contributed by atoms with Crippen molar-refractivity contribution < 1.29 is 18.0 Å². The molecule has 0 saturated heterocycles. The van der Waals surface area contributed by atoms with E-state index >= 15 is 0 Å². The summed E-state index contributed by atoms with van der Waals surface area (Å²) in [6, 6.07) is 1.16. The zero-order chi connectivity index (χ0) is 21.8. The summed E-state index contributed by atoms with van der Waals surface area (Å²) >= 11 is 1.33. The molecule has 0 saturated carbocycles. The maximum absolute atomic E-state index is 13.8. The Labute approximate surface area is 173 Å². The van der Waals surface area contributed by atoms with Gasteiger partial charge in [-0.3, -0.25) is 14.2 Å². The number of amides is 1. The predicted molar refractivity (Wildman–Crippen MR) is 106 cm³/mol. The van der Waals surface area contributed by atoms with Crippen LogP contribution in [-0.4, -0.2) is 31.0 Å². The molecule has 0 aliphatic carbocycles. The molecule has 0 fully saturated rings. The van der Waals surface area contributed by atoms with Crippen LogP contribution in [0.25, 0.3) is 11.0 Å². The molecule has 4 rings (SSSR count). The third-order valence-electron chi connectivity index (χ3n) is 4.74. The fourth-order valence-corrected chi connectivity index (χ4v) is 4.44. The molecular formula is C19H18F3N5O2S. The van der Waals surface area contributed by atoms with Gasteiger partial charge < -0.3 is 5.32 Å². The van der Waals surface area contributed by atoms with Gasteiger partial charge in [-0.25, -0.2) is 22.8 Å². The summed E-state index contributed by atoms with van der Waals surface area (Å²) in [7, 11) is 0. The molecule has 1 amide bonds. The zero-order valence-corrected chi connectivity index (χ0v) is 17.2. The first-order valence-corrected chi connectivity index (χ1v) is 10.1. The number of benzene rings is 1. The lowest BCUT2D eigenvalue weighted by molar-refractivity contribution is -0.116. The molecule has 0 radical (unpaired) electrons. The third-order valence-corrected chi connectivity index (χ3v) is 5.83. The molecule has 1 aliphatic rings. The summed E-state index contributed by atoms with van der Waals surface area (Å²) in [5.41, 5.74) is -0.665. The zero-order valence-electron chi connectivity index (χ0n) is 16.4. The molecule has 3 aromatic rings. The van der Waals surface area contributed by atoms with Crippen molar-refractivity contribution in [1.29, 1.82) is 0 Å². The molecule has 1 aliphatic heterocycles. The Kier molecular flexibility index (Phi) is 4.88. The summed E-state index contributed by atoms with van der Waals surface area (Å²) < 4.78 is 43.3. The fourth-order valence-electron chi connectivity index (χ4n) is 3.31. The second-order valence-corrected chi connectivity index (χ2v) is 8.96. The van der Waals surface area contributed by atoms with Crippen LogP contribution in [-0.2, 0) is 10.3 Å². The Morgan fingerprint density at radius 2 is 2.00 bits per heavy atom. The van der Waals surface area contributed by atoms with Gasteiger partial charge in [0.25, 0.3) is 5.56 Å². The van der Waals surface area contributed by atoms with E-state index in [0.29, 0.717) is 21.9 Å². The van der Waals surface area contributed by atoms with Crippen molar-refractivity contribution in [2.24, 2.45) is 0 Å². The van der Waals surface area contributed by atoms with Gasteiger partial charge in [0, 0.05) is 12.2 Å².